The van der Waals surface area contributed by atoms with Gasteiger partial charge < -0.3 is 40.5 Å². The number of amides is 2. The van der Waals surface area contributed by atoms with Crippen LogP contribution in [0.15, 0.2) is 60.9 Å². The van der Waals surface area contributed by atoms with Crippen molar-refractivity contribution in [3.63, 3.8) is 0 Å². The number of fused-ring (bicyclic) bond motifs is 1. The highest BCUT2D eigenvalue weighted by atomic mass is 19.1. The molecule has 2 saturated heterocycles. The molecule has 3 aliphatic rings. The first kappa shape index (κ1) is 39.5. The third kappa shape index (κ3) is 8.21. The molecule has 17 heteroatoms. The van der Waals surface area contributed by atoms with E-state index in [1.165, 1.54) is 36.7 Å². The van der Waals surface area contributed by atoms with Crippen molar-refractivity contribution in [3.05, 3.63) is 100 Å². The third-order valence-electron chi connectivity index (χ3n) is 11.0. The van der Waals surface area contributed by atoms with Crippen molar-refractivity contribution >= 4 is 23.7 Å². The Labute approximate surface area is 339 Å². The summed E-state index contributed by atoms with van der Waals surface area (Å²) in [7, 11) is 0. The van der Waals surface area contributed by atoms with Crippen LogP contribution in [0.3, 0.4) is 0 Å². The molecular weight excluding hydrogens is 760 g/mol. The van der Waals surface area contributed by atoms with Gasteiger partial charge >= 0.3 is 0 Å². The molecule has 0 saturated carbocycles. The molecule has 0 spiro atoms. The maximum atomic E-state index is 16.0. The fraction of sp³-hybridized carbons (Fsp3) is 0.357. The van der Waals surface area contributed by atoms with Gasteiger partial charge in [-0.15, -0.1) is 0 Å². The number of nitrogen functional groups attached to an aromatic ring is 1. The van der Waals surface area contributed by atoms with E-state index >= 15 is 4.39 Å². The van der Waals surface area contributed by atoms with Gasteiger partial charge in [0.25, 0.3) is 11.8 Å². The van der Waals surface area contributed by atoms with E-state index in [-0.39, 0.29) is 64.2 Å². The largest absolute Gasteiger partial charge is 0.508 e. The number of aliphatic hydroxyl groups excluding tert-OH is 1. The summed E-state index contributed by atoms with van der Waals surface area (Å²) in [5.41, 5.74) is 10.1. The lowest BCUT2D eigenvalue weighted by molar-refractivity contribution is 0.0281. The number of aromatic nitrogens is 5. The molecule has 2 amide bonds. The molecule has 0 unspecified atom stereocenters. The van der Waals surface area contributed by atoms with Crippen LogP contribution in [0, 0.1) is 5.82 Å². The van der Waals surface area contributed by atoms with Crippen LogP contribution in [0.2, 0.25) is 0 Å². The molecule has 59 heavy (non-hydrogen) atoms. The number of piperazine rings is 1. The van der Waals surface area contributed by atoms with Crippen molar-refractivity contribution in [2.75, 3.05) is 63.2 Å². The van der Waals surface area contributed by atoms with E-state index in [1.54, 1.807) is 15.9 Å². The van der Waals surface area contributed by atoms with Crippen molar-refractivity contribution in [2.45, 2.75) is 45.4 Å². The fourth-order valence-electron chi connectivity index (χ4n) is 7.80. The van der Waals surface area contributed by atoms with E-state index in [0.717, 1.165) is 16.7 Å². The van der Waals surface area contributed by atoms with Crippen LogP contribution in [-0.2, 0) is 24.4 Å². The molecule has 306 valence electrons. The molecule has 5 N–H and O–H groups in total. The van der Waals surface area contributed by atoms with Crippen LogP contribution in [0.4, 0.5) is 16.3 Å². The predicted octanol–water partition coefficient (Wildman–Crippen LogP) is 3.56. The Morgan fingerprint density at radius 3 is 2.36 bits per heavy atom. The Bertz CT molecular complexity index is 2390. The standard InChI is InChI=1S/C42H45FN10O6/c1-24(2)32-15-33(36(56)16-35(32)55)40(58)52-20-27-4-3-25(13-28(27)21-52)19-50-7-8-53(30(22-50)23-54)39(57)26-5-6-31(34(43)14-26)38-47-37(29-17-45-41(44)46-18-29)48-42(49-38)51-9-11-59-12-10-51/h3-6,13-18,24,30,54-56H,7-12,19-23H2,1-2H3,(H2,44,45,46)/t30-/m0/s1. The summed E-state index contributed by atoms with van der Waals surface area (Å²) in [6.07, 6.45) is 2.97. The number of rotatable bonds is 9. The second-order valence-electron chi connectivity index (χ2n) is 15.3. The van der Waals surface area contributed by atoms with Crippen LogP contribution < -0.4 is 10.6 Å². The van der Waals surface area contributed by atoms with Crippen molar-refractivity contribution in [1.82, 2.24) is 39.6 Å². The lowest BCUT2D eigenvalue weighted by Crippen LogP contribution is -2.56. The van der Waals surface area contributed by atoms with Gasteiger partial charge in [-0.2, -0.15) is 9.97 Å². The number of nitrogens with two attached hydrogens (primary N) is 1. The van der Waals surface area contributed by atoms with Gasteiger partial charge in [-0.3, -0.25) is 14.5 Å². The summed E-state index contributed by atoms with van der Waals surface area (Å²) >= 11 is 0. The van der Waals surface area contributed by atoms with E-state index in [2.05, 4.69) is 35.9 Å². The first-order valence-corrected chi connectivity index (χ1v) is 19.5. The number of phenolic OH excluding ortho intramolecular Hbond substituents is 2. The molecule has 0 bridgehead atoms. The Balaban J connectivity index is 0.938. The SMILES string of the molecule is CC(C)c1cc(C(=O)N2Cc3ccc(CN4CCN(C(=O)c5ccc(-c6nc(-c7cnc(N)nc7)nc(N7CCOCC7)n6)c(F)c5)[C@H](CO)C4)cc3C2)c(O)cc1O. The number of ether oxygens (including phenoxy) is 1. The van der Waals surface area contributed by atoms with E-state index < -0.39 is 17.8 Å². The first-order chi connectivity index (χ1) is 28.4. The van der Waals surface area contributed by atoms with Crippen LogP contribution in [0.5, 0.6) is 11.5 Å². The molecule has 2 aromatic heterocycles. The first-order valence-electron chi connectivity index (χ1n) is 19.5. The monoisotopic (exact) mass is 804 g/mol. The van der Waals surface area contributed by atoms with E-state index in [4.69, 9.17) is 10.5 Å². The number of morpholine rings is 1. The Morgan fingerprint density at radius 1 is 0.881 bits per heavy atom. The van der Waals surface area contributed by atoms with Gasteiger partial charge in [0, 0.05) is 76.4 Å². The van der Waals surface area contributed by atoms with Gasteiger partial charge in [0.15, 0.2) is 11.6 Å². The molecule has 2 fully saturated rings. The number of hydrogen-bond donors (Lipinski definition) is 4. The molecular formula is C42H45FN10O6. The number of carbonyl (C=O) groups is 2. The number of carbonyl (C=O) groups excluding carboxylic acids is 2. The van der Waals surface area contributed by atoms with E-state index in [9.17, 15) is 24.9 Å². The summed E-state index contributed by atoms with van der Waals surface area (Å²) in [6, 6.07) is 12.5. The summed E-state index contributed by atoms with van der Waals surface area (Å²) < 4.78 is 21.5. The van der Waals surface area contributed by atoms with E-state index in [0.29, 0.717) is 82.6 Å². The van der Waals surface area contributed by atoms with Crippen LogP contribution in [0.25, 0.3) is 22.8 Å². The summed E-state index contributed by atoms with van der Waals surface area (Å²) in [5, 5.41) is 31.2. The highest BCUT2D eigenvalue weighted by molar-refractivity contribution is 5.98. The van der Waals surface area contributed by atoms with Gasteiger partial charge in [0.2, 0.25) is 11.9 Å². The van der Waals surface area contributed by atoms with Crippen LogP contribution >= 0.6 is 0 Å². The molecule has 3 aliphatic heterocycles. The number of phenols is 2. The summed E-state index contributed by atoms with van der Waals surface area (Å²) in [5.74, 6) is -0.987. The number of hydrogen-bond acceptors (Lipinski definition) is 14. The normalized spacial score (nSPS) is 17.1. The number of nitrogens with zero attached hydrogens (tertiary/aromatic N) is 9. The molecule has 16 nitrogen and oxygen atoms in total. The highest BCUT2D eigenvalue weighted by Gasteiger charge is 2.32. The Hall–Kier alpha value is -6.30. The molecule has 8 rings (SSSR count). The zero-order valence-corrected chi connectivity index (χ0v) is 32.8. The van der Waals surface area contributed by atoms with Crippen molar-refractivity contribution < 1.29 is 34.0 Å². The zero-order chi connectivity index (χ0) is 41.4. The lowest BCUT2D eigenvalue weighted by atomic mass is 9.98. The number of anilines is 2. The van der Waals surface area contributed by atoms with Gasteiger partial charge in [-0.1, -0.05) is 32.0 Å². The van der Waals surface area contributed by atoms with Crippen LogP contribution in [0.1, 0.15) is 62.7 Å². The van der Waals surface area contributed by atoms with Gasteiger partial charge in [0.1, 0.15) is 17.3 Å². The topological polar surface area (TPSA) is 207 Å². The van der Waals surface area contributed by atoms with Crippen molar-refractivity contribution in [2.24, 2.45) is 0 Å². The summed E-state index contributed by atoms with van der Waals surface area (Å²) in [6.45, 7) is 8.16. The summed E-state index contributed by atoms with van der Waals surface area (Å²) in [4.78, 5) is 56.5. The minimum absolute atomic E-state index is 0.0302. The smallest absolute Gasteiger partial charge is 0.258 e. The zero-order valence-electron chi connectivity index (χ0n) is 32.8. The second kappa shape index (κ2) is 16.5. The van der Waals surface area contributed by atoms with E-state index in [1.807, 2.05) is 30.9 Å². The number of aliphatic hydroxyl groups is 1. The predicted molar refractivity (Wildman–Crippen MR) is 215 cm³/mol. The molecule has 3 aromatic carbocycles. The number of halogens is 1. The second-order valence-corrected chi connectivity index (χ2v) is 15.3. The minimum atomic E-state index is -0.689. The van der Waals surface area contributed by atoms with Gasteiger partial charge in [-0.05, 0) is 52.4 Å². The number of aromatic hydroxyl groups is 2. The molecule has 5 heterocycles. The fourth-order valence-corrected chi connectivity index (χ4v) is 7.80. The quantitative estimate of drug-likeness (QED) is 0.168. The maximum Gasteiger partial charge on any atom is 0.258 e. The van der Waals surface area contributed by atoms with Crippen LogP contribution in [-0.4, -0.2) is 125 Å². The Kier molecular flexibility index (Phi) is 11.1. The van der Waals surface area contributed by atoms with Crippen molar-refractivity contribution in [3.8, 4) is 34.3 Å². The maximum absolute atomic E-state index is 16.0. The minimum Gasteiger partial charge on any atom is -0.508 e. The molecule has 5 aromatic rings. The van der Waals surface area contributed by atoms with Gasteiger partial charge in [-0.25, -0.2) is 19.3 Å². The average Bonchev–Trinajstić information content (AvgIpc) is 3.67. The van der Waals surface area contributed by atoms with Gasteiger partial charge in [0.05, 0.1) is 42.6 Å². The third-order valence-corrected chi connectivity index (χ3v) is 11.0. The Morgan fingerprint density at radius 2 is 1.63 bits per heavy atom. The lowest BCUT2D eigenvalue weighted by Gasteiger charge is -2.40. The molecule has 0 aliphatic carbocycles. The highest BCUT2D eigenvalue weighted by Crippen LogP contribution is 2.35. The average molecular weight is 805 g/mol. The molecule has 0 radical (unpaired) electrons. The van der Waals surface area contributed by atoms with Crippen molar-refractivity contribution in [1.29, 1.82) is 0 Å². The number of benzene rings is 3. The molecule has 1 atom stereocenters.